The summed E-state index contributed by atoms with van der Waals surface area (Å²) in [5.74, 6) is 7.78. The normalized spacial score (nSPS) is 10.8. The van der Waals surface area contributed by atoms with Gasteiger partial charge in [-0.05, 0) is 12.8 Å². The Bertz CT molecular complexity index is 387. The Labute approximate surface area is 120 Å². The molecule has 0 aromatic carbocycles. The van der Waals surface area contributed by atoms with Gasteiger partial charge < -0.3 is 20.2 Å². The monoisotopic (exact) mass is 283 g/mol. The van der Waals surface area contributed by atoms with Crippen molar-refractivity contribution in [3.8, 4) is 0 Å². The van der Waals surface area contributed by atoms with E-state index in [1.54, 1.807) is 6.07 Å². The third-order valence-electron chi connectivity index (χ3n) is 2.36. The predicted octanol–water partition coefficient (Wildman–Crippen LogP) is 1.38. The fraction of sp³-hybridized carbons (Fsp3) is 0.692. The van der Waals surface area contributed by atoms with Crippen molar-refractivity contribution in [3.05, 3.63) is 11.9 Å². The van der Waals surface area contributed by atoms with Crippen LogP contribution in [0.15, 0.2) is 6.07 Å². The van der Waals surface area contributed by atoms with E-state index >= 15 is 0 Å². The molecule has 20 heavy (non-hydrogen) atoms. The minimum atomic E-state index is 0.366. The first kappa shape index (κ1) is 16.6. The van der Waals surface area contributed by atoms with Crippen LogP contribution in [0, 0.1) is 5.92 Å². The van der Waals surface area contributed by atoms with Crippen LogP contribution in [0.4, 0.5) is 11.6 Å². The lowest BCUT2D eigenvalue weighted by atomic mass is 10.2. The van der Waals surface area contributed by atoms with E-state index in [9.17, 15) is 0 Å². The van der Waals surface area contributed by atoms with Gasteiger partial charge >= 0.3 is 0 Å². The molecule has 1 heterocycles. The van der Waals surface area contributed by atoms with Crippen LogP contribution in [0.5, 0.6) is 0 Å². The van der Waals surface area contributed by atoms with Crippen LogP contribution in [0.2, 0.25) is 0 Å². The van der Waals surface area contributed by atoms with Crippen LogP contribution in [0.25, 0.3) is 0 Å². The van der Waals surface area contributed by atoms with Crippen molar-refractivity contribution in [2.75, 3.05) is 37.1 Å². The SMILES string of the molecule is CCOCc1nc(NN)cc(NCCOCC(C)C)n1. The Morgan fingerprint density at radius 2 is 2.00 bits per heavy atom. The van der Waals surface area contributed by atoms with Gasteiger partial charge in [-0.15, -0.1) is 0 Å². The molecule has 0 saturated heterocycles. The van der Waals surface area contributed by atoms with E-state index in [0.29, 0.717) is 49.7 Å². The predicted molar refractivity (Wildman–Crippen MR) is 79.3 cm³/mol. The lowest BCUT2D eigenvalue weighted by Gasteiger charge is -2.11. The second kappa shape index (κ2) is 9.46. The number of hydrogen-bond acceptors (Lipinski definition) is 7. The zero-order valence-electron chi connectivity index (χ0n) is 12.5. The van der Waals surface area contributed by atoms with Crippen LogP contribution in [0.3, 0.4) is 0 Å². The van der Waals surface area contributed by atoms with Crippen LogP contribution in [0.1, 0.15) is 26.6 Å². The zero-order valence-corrected chi connectivity index (χ0v) is 12.5. The molecule has 4 N–H and O–H groups in total. The molecule has 0 saturated carbocycles. The van der Waals surface area contributed by atoms with Crippen molar-refractivity contribution in [1.82, 2.24) is 9.97 Å². The fourth-order valence-corrected chi connectivity index (χ4v) is 1.49. The Kier molecular flexibility index (Phi) is 7.86. The minimum Gasteiger partial charge on any atom is -0.379 e. The van der Waals surface area contributed by atoms with E-state index in [-0.39, 0.29) is 0 Å². The summed E-state index contributed by atoms with van der Waals surface area (Å²) in [6.07, 6.45) is 0. The maximum absolute atomic E-state index is 5.50. The number of nitrogens with one attached hydrogen (secondary N) is 2. The Morgan fingerprint density at radius 1 is 1.25 bits per heavy atom. The molecular formula is C13H25N5O2. The zero-order chi connectivity index (χ0) is 14.8. The first-order valence-electron chi connectivity index (χ1n) is 6.89. The molecule has 0 atom stereocenters. The van der Waals surface area contributed by atoms with Crippen molar-refractivity contribution in [2.45, 2.75) is 27.4 Å². The number of aromatic nitrogens is 2. The van der Waals surface area contributed by atoms with Crippen molar-refractivity contribution >= 4 is 11.6 Å². The van der Waals surface area contributed by atoms with Gasteiger partial charge in [-0.3, -0.25) is 0 Å². The molecule has 0 unspecified atom stereocenters. The molecule has 1 aromatic rings. The number of nitrogens with zero attached hydrogens (tertiary/aromatic N) is 2. The molecule has 1 rings (SSSR count). The van der Waals surface area contributed by atoms with E-state index in [0.717, 1.165) is 6.61 Å². The van der Waals surface area contributed by atoms with Gasteiger partial charge in [0.15, 0.2) is 5.82 Å². The number of nitrogen functional groups attached to an aromatic ring is 1. The smallest absolute Gasteiger partial charge is 0.158 e. The maximum Gasteiger partial charge on any atom is 0.158 e. The minimum absolute atomic E-state index is 0.366. The number of anilines is 2. The molecule has 0 aliphatic carbocycles. The van der Waals surface area contributed by atoms with Gasteiger partial charge in [-0.2, -0.15) is 0 Å². The third-order valence-corrected chi connectivity index (χ3v) is 2.36. The van der Waals surface area contributed by atoms with Gasteiger partial charge in [0.25, 0.3) is 0 Å². The summed E-state index contributed by atoms with van der Waals surface area (Å²) in [6.45, 7) is 9.23. The Hall–Kier alpha value is -1.44. The highest BCUT2D eigenvalue weighted by atomic mass is 16.5. The van der Waals surface area contributed by atoms with Gasteiger partial charge in [-0.1, -0.05) is 13.8 Å². The van der Waals surface area contributed by atoms with E-state index in [4.69, 9.17) is 15.3 Å². The summed E-state index contributed by atoms with van der Waals surface area (Å²) in [4.78, 5) is 8.57. The molecule has 0 spiro atoms. The average Bonchev–Trinajstić information content (AvgIpc) is 2.44. The number of hydrogen-bond donors (Lipinski definition) is 3. The molecular weight excluding hydrogens is 258 g/mol. The van der Waals surface area contributed by atoms with Crippen molar-refractivity contribution in [2.24, 2.45) is 11.8 Å². The summed E-state index contributed by atoms with van der Waals surface area (Å²) < 4.78 is 10.8. The summed E-state index contributed by atoms with van der Waals surface area (Å²) in [5, 5.41) is 3.18. The second-order valence-electron chi connectivity index (χ2n) is 4.73. The highest BCUT2D eigenvalue weighted by molar-refractivity contribution is 5.46. The fourth-order valence-electron chi connectivity index (χ4n) is 1.49. The number of nitrogens with two attached hydrogens (primary N) is 1. The molecule has 7 heteroatoms. The third kappa shape index (κ3) is 6.65. The first-order valence-corrected chi connectivity index (χ1v) is 6.89. The maximum atomic E-state index is 5.50. The van der Waals surface area contributed by atoms with Gasteiger partial charge in [0, 0.05) is 25.8 Å². The standard InChI is InChI=1S/C13H25N5O2/c1-4-19-9-13-16-11(7-12(17-13)18-14)15-5-6-20-8-10(2)3/h7,10H,4-6,8-9,14H2,1-3H3,(H2,15,16,17,18). The Morgan fingerprint density at radius 3 is 2.65 bits per heavy atom. The van der Waals surface area contributed by atoms with Gasteiger partial charge in [-0.25, -0.2) is 15.8 Å². The summed E-state index contributed by atoms with van der Waals surface area (Å²) in [6, 6.07) is 1.75. The van der Waals surface area contributed by atoms with Gasteiger partial charge in [0.05, 0.1) is 6.61 Å². The van der Waals surface area contributed by atoms with Crippen LogP contribution < -0.4 is 16.6 Å². The highest BCUT2D eigenvalue weighted by Crippen LogP contribution is 2.10. The molecule has 1 aromatic heterocycles. The highest BCUT2D eigenvalue weighted by Gasteiger charge is 2.04. The van der Waals surface area contributed by atoms with E-state index in [2.05, 4.69) is 34.6 Å². The van der Waals surface area contributed by atoms with E-state index in [1.807, 2.05) is 6.92 Å². The second-order valence-corrected chi connectivity index (χ2v) is 4.73. The van der Waals surface area contributed by atoms with Crippen molar-refractivity contribution in [3.63, 3.8) is 0 Å². The summed E-state index contributed by atoms with van der Waals surface area (Å²) in [7, 11) is 0. The largest absolute Gasteiger partial charge is 0.379 e. The molecule has 7 nitrogen and oxygen atoms in total. The van der Waals surface area contributed by atoms with Crippen LogP contribution in [-0.2, 0) is 16.1 Å². The molecule has 0 aliphatic rings. The molecule has 0 fully saturated rings. The van der Waals surface area contributed by atoms with Crippen molar-refractivity contribution in [1.29, 1.82) is 0 Å². The molecule has 0 radical (unpaired) electrons. The quantitative estimate of drug-likeness (QED) is 0.339. The number of rotatable bonds is 10. The topological polar surface area (TPSA) is 94.3 Å². The van der Waals surface area contributed by atoms with Gasteiger partial charge in [0.1, 0.15) is 18.2 Å². The number of hydrazine groups is 1. The molecule has 0 aliphatic heterocycles. The summed E-state index contributed by atoms with van der Waals surface area (Å²) >= 11 is 0. The van der Waals surface area contributed by atoms with Gasteiger partial charge in [0.2, 0.25) is 0 Å². The van der Waals surface area contributed by atoms with Crippen LogP contribution in [-0.4, -0.2) is 36.3 Å². The number of ether oxygens (including phenoxy) is 2. The Balaban J connectivity index is 2.46. The van der Waals surface area contributed by atoms with E-state index in [1.165, 1.54) is 0 Å². The lowest BCUT2D eigenvalue weighted by molar-refractivity contribution is 0.118. The molecule has 0 amide bonds. The summed E-state index contributed by atoms with van der Waals surface area (Å²) in [5.41, 5.74) is 2.52. The molecule has 0 bridgehead atoms. The van der Waals surface area contributed by atoms with E-state index < -0.39 is 0 Å². The molecule has 114 valence electrons. The average molecular weight is 283 g/mol. The first-order chi connectivity index (χ1) is 9.65. The van der Waals surface area contributed by atoms with Crippen molar-refractivity contribution < 1.29 is 9.47 Å². The van der Waals surface area contributed by atoms with Crippen LogP contribution >= 0.6 is 0 Å². The lowest BCUT2D eigenvalue weighted by Crippen LogP contribution is -2.15.